The van der Waals surface area contributed by atoms with E-state index in [0.717, 1.165) is 23.7 Å². The summed E-state index contributed by atoms with van der Waals surface area (Å²) in [7, 11) is 0. The number of anilines is 1. The van der Waals surface area contributed by atoms with Crippen LogP contribution in [-0.2, 0) is 9.47 Å². The van der Waals surface area contributed by atoms with Crippen molar-refractivity contribution in [2.45, 2.75) is 12.7 Å². The molecule has 1 fully saturated rings. The molecule has 1 aromatic rings. The van der Waals surface area contributed by atoms with Crippen LogP contribution in [0.3, 0.4) is 0 Å². The highest BCUT2D eigenvalue weighted by atomic mass is 35.5. The number of hydrogen-bond donors (Lipinski definition) is 1. The highest BCUT2D eigenvalue weighted by Gasteiger charge is 2.14. The van der Waals surface area contributed by atoms with Gasteiger partial charge in [0.2, 0.25) is 0 Å². The summed E-state index contributed by atoms with van der Waals surface area (Å²) in [5, 5.41) is 4.03. The highest BCUT2D eigenvalue weighted by molar-refractivity contribution is 6.30. The number of benzene rings is 1. The maximum absolute atomic E-state index is 5.78. The summed E-state index contributed by atoms with van der Waals surface area (Å²) in [6.07, 6.45) is 0.826. The van der Waals surface area contributed by atoms with Gasteiger partial charge in [0.15, 0.2) is 6.29 Å². The molecule has 0 aromatic heterocycles. The molecular formula is C11H14ClNO2. The molecule has 0 aliphatic carbocycles. The van der Waals surface area contributed by atoms with Crippen LogP contribution in [0.15, 0.2) is 24.3 Å². The van der Waals surface area contributed by atoms with E-state index in [4.69, 9.17) is 21.1 Å². The fourth-order valence-corrected chi connectivity index (χ4v) is 1.60. The van der Waals surface area contributed by atoms with Crippen LogP contribution in [0.1, 0.15) is 6.42 Å². The molecule has 4 heteroatoms. The Morgan fingerprint density at radius 3 is 2.53 bits per heavy atom. The first-order chi connectivity index (χ1) is 7.34. The maximum atomic E-state index is 5.78. The number of ether oxygens (including phenoxy) is 2. The Balaban J connectivity index is 1.71. The molecule has 1 aliphatic heterocycles. The predicted molar refractivity (Wildman–Crippen MR) is 60.3 cm³/mol. The topological polar surface area (TPSA) is 30.5 Å². The monoisotopic (exact) mass is 227 g/mol. The second-order valence-corrected chi connectivity index (χ2v) is 3.83. The number of halogens is 1. The van der Waals surface area contributed by atoms with Crippen molar-refractivity contribution in [1.82, 2.24) is 0 Å². The first kappa shape index (κ1) is 10.7. The zero-order valence-electron chi connectivity index (χ0n) is 8.41. The zero-order chi connectivity index (χ0) is 10.5. The predicted octanol–water partition coefficient (Wildman–Crippen LogP) is 2.51. The Morgan fingerprint density at radius 2 is 1.87 bits per heavy atom. The Kier molecular flexibility index (Phi) is 3.83. The summed E-state index contributed by atoms with van der Waals surface area (Å²) in [6.45, 7) is 2.27. The lowest BCUT2D eigenvalue weighted by atomic mass is 10.3. The molecule has 3 nitrogen and oxygen atoms in total. The summed E-state index contributed by atoms with van der Waals surface area (Å²) >= 11 is 5.78. The molecule has 1 aromatic carbocycles. The van der Waals surface area contributed by atoms with E-state index < -0.39 is 0 Å². The quantitative estimate of drug-likeness (QED) is 0.858. The van der Waals surface area contributed by atoms with Crippen molar-refractivity contribution >= 4 is 17.3 Å². The summed E-state index contributed by atoms with van der Waals surface area (Å²) in [5.74, 6) is 0. The molecule has 0 radical (unpaired) electrons. The Hall–Kier alpha value is -0.770. The minimum absolute atomic E-state index is 0.0372. The normalized spacial score (nSPS) is 16.9. The van der Waals surface area contributed by atoms with Gasteiger partial charge in [-0.25, -0.2) is 0 Å². The van der Waals surface area contributed by atoms with Crippen LogP contribution in [0.4, 0.5) is 5.69 Å². The second-order valence-electron chi connectivity index (χ2n) is 3.39. The molecule has 0 amide bonds. The summed E-state index contributed by atoms with van der Waals surface area (Å²) in [6, 6.07) is 7.65. The average Bonchev–Trinajstić information content (AvgIpc) is 2.74. The lowest BCUT2D eigenvalue weighted by molar-refractivity contribution is -0.0439. The van der Waals surface area contributed by atoms with E-state index in [1.165, 1.54) is 0 Å². The van der Waals surface area contributed by atoms with E-state index in [2.05, 4.69) is 5.32 Å². The standard InChI is InChI=1S/C11H14ClNO2/c12-9-1-3-10(4-2-9)13-6-5-11-14-7-8-15-11/h1-4,11,13H,5-8H2. The molecule has 0 spiro atoms. The van der Waals surface area contributed by atoms with Gasteiger partial charge in [-0.15, -0.1) is 0 Å². The molecular weight excluding hydrogens is 214 g/mol. The summed E-state index contributed by atoms with van der Waals surface area (Å²) < 4.78 is 10.7. The maximum Gasteiger partial charge on any atom is 0.159 e. The lowest BCUT2D eigenvalue weighted by Crippen LogP contribution is -2.14. The molecule has 0 atom stereocenters. The van der Waals surface area contributed by atoms with Crippen LogP contribution < -0.4 is 5.32 Å². The van der Waals surface area contributed by atoms with Crippen molar-refractivity contribution in [3.63, 3.8) is 0 Å². The van der Waals surface area contributed by atoms with E-state index in [1.807, 2.05) is 24.3 Å². The molecule has 1 N–H and O–H groups in total. The number of hydrogen-bond acceptors (Lipinski definition) is 3. The summed E-state index contributed by atoms with van der Waals surface area (Å²) in [4.78, 5) is 0. The van der Waals surface area contributed by atoms with Gasteiger partial charge in [0.25, 0.3) is 0 Å². The van der Waals surface area contributed by atoms with Crippen LogP contribution in [0.25, 0.3) is 0 Å². The molecule has 0 unspecified atom stereocenters. The van der Waals surface area contributed by atoms with Crippen molar-refractivity contribution in [3.05, 3.63) is 29.3 Å². The fourth-order valence-electron chi connectivity index (χ4n) is 1.48. The van der Waals surface area contributed by atoms with Crippen molar-refractivity contribution in [2.24, 2.45) is 0 Å². The highest BCUT2D eigenvalue weighted by Crippen LogP contribution is 2.14. The Labute approximate surface area is 94.3 Å². The molecule has 15 heavy (non-hydrogen) atoms. The average molecular weight is 228 g/mol. The van der Waals surface area contributed by atoms with Gasteiger partial charge in [-0.3, -0.25) is 0 Å². The largest absolute Gasteiger partial charge is 0.385 e. The molecule has 0 saturated carbocycles. The van der Waals surface area contributed by atoms with Gasteiger partial charge in [0, 0.05) is 23.7 Å². The van der Waals surface area contributed by atoms with Crippen molar-refractivity contribution in [1.29, 1.82) is 0 Å². The van der Waals surface area contributed by atoms with E-state index >= 15 is 0 Å². The van der Waals surface area contributed by atoms with E-state index in [0.29, 0.717) is 13.2 Å². The molecule has 0 bridgehead atoms. The van der Waals surface area contributed by atoms with Gasteiger partial charge < -0.3 is 14.8 Å². The third kappa shape index (κ3) is 3.38. The van der Waals surface area contributed by atoms with E-state index in [1.54, 1.807) is 0 Å². The van der Waals surface area contributed by atoms with E-state index in [9.17, 15) is 0 Å². The molecule has 1 aliphatic rings. The van der Waals surface area contributed by atoms with Crippen LogP contribution in [-0.4, -0.2) is 26.0 Å². The smallest absolute Gasteiger partial charge is 0.159 e. The van der Waals surface area contributed by atoms with Gasteiger partial charge in [0.1, 0.15) is 0 Å². The van der Waals surface area contributed by atoms with Crippen LogP contribution >= 0.6 is 11.6 Å². The zero-order valence-corrected chi connectivity index (χ0v) is 9.17. The minimum Gasteiger partial charge on any atom is -0.385 e. The Morgan fingerprint density at radius 1 is 1.20 bits per heavy atom. The van der Waals surface area contributed by atoms with E-state index in [-0.39, 0.29) is 6.29 Å². The van der Waals surface area contributed by atoms with Gasteiger partial charge in [0.05, 0.1) is 13.2 Å². The van der Waals surface area contributed by atoms with Crippen LogP contribution in [0.5, 0.6) is 0 Å². The Bertz CT molecular complexity index is 296. The van der Waals surface area contributed by atoms with Crippen molar-refractivity contribution < 1.29 is 9.47 Å². The van der Waals surface area contributed by atoms with Crippen molar-refractivity contribution in [2.75, 3.05) is 25.1 Å². The number of nitrogens with one attached hydrogen (secondary N) is 1. The van der Waals surface area contributed by atoms with Crippen LogP contribution in [0.2, 0.25) is 5.02 Å². The molecule has 1 heterocycles. The second kappa shape index (κ2) is 5.35. The third-order valence-electron chi connectivity index (χ3n) is 2.24. The summed E-state index contributed by atoms with van der Waals surface area (Å²) in [5.41, 5.74) is 1.07. The molecule has 2 rings (SSSR count). The van der Waals surface area contributed by atoms with Crippen molar-refractivity contribution in [3.8, 4) is 0 Å². The van der Waals surface area contributed by atoms with Gasteiger partial charge in [-0.1, -0.05) is 11.6 Å². The van der Waals surface area contributed by atoms with Gasteiger partial charge in [-0.2, -0.15) is 0 Å². The minimum atomic E-state index is -0.0372. The SMILES string of the molecule is Clc1ccc(NCCC2OCCO2)cc1. The number of rotatable bonds is 4. The fraction of sp³-hybridized carbons (Fsp3) is 0.455. The first-order valence-electron chi connectivity index (χ1n) is 5.07. The molecule has 1 saturated heterocycles. The first-order valence-corrected chi connectivity index (χ1v) is 5.45. The van der Waals surface area contributed by atoms with Gasteiger partial charge in [-0.05, 0) is 24.3 Å². The van der Waals surface area contributed by atoms with Gasteiger partial charge >= 0.3 is 0 Å². The molecule has 82 valence electrons. The lowest BCUT2D eigenvalue weighted by Gasteiger charge is -2.10. The third-order valence-corrected chi connectivity index (χ3v) is 2.50. The van der Waals surface area contributed by atoms with Crippen LogP contribution in [0, 0.1) is 0 Å².